The Morgan fingerprint density at radius 3 is 1.59 bits per heavy atom. The predicted molar refractivity (Wildman–Crippen MR) is 167 cm³/mol. The van der Waals surface area contributed by atoms with E-state index in [4.69, 9.17) is 20.4 Å². The molecule has 0 aliphatic rings. The quantitative estimate of drug-likeness (QED) is 0.160. The van der Waals surface area contributed by atoms with Crippen LogP contribution in [0, 0.1) is 5.92 Å². The first-order chi connectivity index (χ1) is 21.5. The van der Waals surface area contributed by atoms with Crippen LogP contribution >= 0.6 is 0 Å². The molecule has 0 heterocycles. The molecule has 2 atom stereocenters. The van der Waals surface area contributed by atoms with Gasteiger partial charge in [-0.15, -0.1) is 0 Å². The van der Waals surface area contributed by atoms with Gasteiger partial charge in [0.25, 0.3) is 0 Å². The molecule has 0 radical (unpaired) electrons. The van der Waals surface area contributed by atoms with E-state index in [2.05, 4.69) is 33.7 Å². The number of esters is 3. The van der Waals surface area contributed by atoms with E-state index >= 15 is 0 Å². The minimum absolute atomic E-state index is 0.0656. The first-order valence-electron chi connectivity index (χ1n) is 14.3. The molecular formula is C34H44F3NO8. The first-order valence-corrected chi connectivity index (χ1v) is 14.3. The summed E-state index contributed by atoms with van der Waals surface area (Å²) in [6.45, 7) is 5.52. The van der Waals surface area contributed by atoms with Crippen molar-refractivity contribution in [2.24, 2.45) is 11.7 Å². The number of benzene rings is 2. The molecule has 0 aromatic heterocycles. The van der Waals surface area contributed by atoms with Crippen LogP contribution in [0.15, 0.2) is 85.0 Å². The molecule has 0 spiro atoms. The van der Waals surface area contributed by atoms with Crippen molar-refractivity contribution >= 4 is 23.9 Å². The third-order valence-corrected chi connectivity index (χ3v) is 5.73. The Labute approximate surface area is 268 Å². The van der Waals surface area contributed by atoms with Crippen molar-refractivity contribution in [2.75, 3.05) is 14.2 Å². The normalized spacial score (nSPS) is 12.5. The van der Waals surface area contributed by atoms with E-state index < -0.39 is 23.7 Å². The second-order valence-electron chi connectivity index (χ2n) is 10.8. The fourth-order valence-electron chi connectivity index (χ4n) is 3.49. The summed E-state index contributed by atoms with van der Waals surface area (Å²) in [5, 5.41) is 7.12. The van der Waals surface area contributed by atoms with E-state index in [9.17, 15) is 27.6 Å². The first kappa shape index (κ1) is 41.5. The lowest BCUT2D eigenvalue weighted by molar-refractivity contribution is -0.192. The van der Waals surface area contributed by atoms with Crippen molar-refractivity contribution in [1.82, 2.24) is 0 Å². The molecule has 0 aliphatic heterocycles. The SMILES string of the molecule is COC(=O)/C=C/[C@@H](N)CCc1ccccc1.COC(=O)/C=C/[C@H](CCc1ccccc1)CC(=O)OC(C)(C)C.O=C(O)C(F)(F)F. The minimum atomic E-state index is -5.08. The molecule has 12 heteroatoms. The lowest BCUT2D eigenvalue weighted by atomic mass is 9.96. The third-order valence-electron chi connectivity index (χ3n) is 5.73. The van der Waals surface area contributed by atoms with Gasteiger partial charge in [-0.05, 0) is 63.5 Å². The zero-order valence-corrected chi connectivity index (χ0v) is 26.8. The Morgan fingerprint density at radius 1 is 0.783 bits per heavy atom. The van der Waals surface area contributed by atoms with E-state index in [-0.39, 0.29) is 30.3 Å². The van der Waals surface area contributed by atoms with E-state index in [0.717, 1.165) is 25.7 Å². The van der Waals surface area contributed by atoms with Crippen molar-refractivity contribution in [1.29, 1.82) is 0 Å². The molecule has 0 bridgehead atoms. The van der Waals surface area contributed by atoms with Gasteiger partial charge in [-0.2, -0.15) is 13.2 Å². The van der Waals surface area contributed by atoms with Crippen LogP contribution in [0.5, 0.6) is 0 Å². The van der Waals surface area contributed by atoms with Crippen LogP contribution in [0.1, 0.15) is 51.2 Å². The maximum Gasteiger partial charge on any atom is 0.490 e. The molecule has 9 nitrogen and oxygen atoms in total. The minimum Gasteiger partial charge on any atom is -0.475 e. The van der Waals surface area contributed by atoms with E-state index in [1.165, 1.54) is 37.5 Å². The van der Waals surface area contributed by atoms with Gasteiger partial charge in [0, 0.05) is 18.2 Å². The lowest BCUT2D eigenvalue weighted by Crippen LogP contribution is -2.25. The van der Waals surface area contributed by atoms with Gasteiger partial charge in [-0.3, -0.25) is 4.79 Å². The molecule has 0 saturated heterocycles. The molecule has 254 valence electrons. The molecule has 2 rings (SSSR count). The van der Waals surface area contributed by atoms with Crippen LogP contribution < -0.4 is 5.73 Å². The van der Waals surface area contributed by atoms with Gasteiger partial charge in [0.05, 0.1) is 20.6 Å². The zero-order valence-electron chi connectivity index (χ0n) is 26.8. The summed E-state index contributed by atoms with van der Waals surface area (Å²) < 4.78 is 46.2. The maximum atomic E-state index is 12.0. The number of aryl methyl sites for hydroxylation is 2. The number of ether oxygens (including phenoxy) is 3. The van der Waals surface area contributed by atoms with Gasteiger partial charge in [0.2, 0.25) is 0 Å². The van der Waals surface area contributed by atoms with Crippen molar-refractivity contribution in [2.45, 2.75) is 70.7 Å². The van der Waals surface area contributed by atoms with Crippen molar-refractivity contribution in [3.63, 3.8) is 0 Å². The number of hydrogen-bond acceptors (Lipinski definition) is 8. The molecule has 0 amide bonds. The van der Waals surface area contributed by atoms with Gasteiger partial charge in [0.15, 0.2) is 0 Å². The number of aliphatic carboxylic acids is 1. The van der Waals surface area contributed by atoms with Gasteiger partial charge in [0.1, 0.15) is 5.60 Å². The molecule has 0 fully saturated rings. The highest BCUT2D eigenvalue weighted by molar-refractivity contribution is 5.82. The number of carboxylic acids is 1. The summed E-state index contributed by atoms with van der Waals surface area (Å²) in [4.78, 5) is 43.0. The van der Waals surface area contributed by atoms with E-state index in [1.54, 1.807) is 12.2 Å². The van der Waals surface area contributed by atoms with E-state index in [0.29, 0.717) is 0 Å². The topological polar surface area (TPSA) is 142 Å². The molecule has 2 aromatic rings. The number of carboxylic acid groups (broad SMARTS) is 1. The van der Waals surface area contributed by atoms with Gasteiger partial charge in [-0.25, -0.2) is 14.4 Å². The molecular weight excluding hydrogens is 607 g/mol. The average molecular weight is 652 g/mol. The van der Waals surface area contributed by atoms with Crippen LogP contribution in [-0.2, 0) is 46.2 Å². The highest BCUT2D eigenvalue weighted by Crippen LogP contribution is 2.18. The number of alkyl halides is 3. The number of hydrogen-bond donors (Lipinski definition) is 2. The summed E-state index contributed by atoms with van der Waals surface area (Å²) in [5.41, 5.74) is 7.78. The van der Waals surface area contributed by atoms with Crippen LogP contribution in [0.25, 0.3) is 0 Å². The number of methoxy groups -OCH3 is 2. The molecule has 0 unspecified atom stereocenters. The Bertz CT molecular complexity index is 1240. The number of carbonyl (C=O) groups excluding carboxylic acids is 3. The smallest absolute Gasteiger partial charge is 0.475 e. The van der Waals surface area contributed by atoms with Crippen molar-refractivity contribution < 1.29 is 51.7 Å². The number of carbonyl (C=O) groups is 4. The molecule has 3 N–H and O–H groups in total. The molecule has 46 heavy (non-hydrogen) atoms. The second kappa shape index (κ2) is 22.1. The number of nitrogens with two attached hydrogens (primary N) is 1. The summed E-state index contributed by atoms with van der Waals surface area (Å²) in [6.07, 6.45) is 4.64. The molecule has 0 aliphatic carbocycles. The number of allylic oxidation sites excluding steroid dienone is 1. The van der Waals surface area contributed by atoms with Gasteiger partial charge < -0.3 is 25.1 Å². The summed E-state index contributed by atoms with van der Waals surface area (Å²) in [6, 6.07) is 20.1. The highest BCUT2D eigenvalue weighted by atomic mass is 19.4. The Morgan fingerprint density at radius 2 is 1.20 bits per heavy atom. The number of rotatable bonds is 12. The van der Waals surface area contributed by atoms with Crippen LogP contribution in [-0.4, -0.2) is 61.0 Å². The third kappa shape index (κ3) is 23.0. The lowest BCUT2D eigenvalue weighted by Gasteiger charge is -2.21. The Balaban J connectivity index is 0.000000759. The maximum absolute atomic E-state index is 12.0. The summed E-state index contributed by atoms with van der Waals surface area (Å²) in [7, 11) is 2.68. The predicted octanol–water partition coefficient (Wildman–Crippen LogP) is 6.01. The molecule has 0 saturated carbocycles. The highest BCUT2D eigenvalue weighted by Gasteiger charge is 2.38. The Kier molecular flexibility index (Phi) is 20.0. The summed E-state index contributed by atoms with van der Waals surface area (Å²) >= 11 is 0. The number of halogens is 3. The van der Waals surface area contributed by atoms with Crippen LogP contribution in [0.3, 0.4) is 0 Å². The fraction of sp³-hybridized carbons (Fsp3) is 0.412. The van der Waals surface area contributed by atoms with Gasteiger partial charge in [-0.1, -0.05) is 72.8 Å². The van der Waals surface area contributed by atoms with Gasteiger partial charge >= 0.3 is 30.1 Å². The van der Waals surface area contributed by atoms with Crippen molar-refractivity contribution in [3.8, 4) is 0 Å². The standard InChI is InChI=1S/C19H26O4.C13H17NO2.C2HF3O2/c1-19(2,3)23-18(21)14-16(12-13-17(20)22-4)11-10-15-8-6-5-7-9-15;1-16-13(15)10-9-12(14)8-7-11-5-3-2-4-6-11;3-2(4,5)1(6)7/h5-9,12-13,16H,10-11,14H2,1-4H3;2-6,9-10,12H,7-8,14H2,1H3;(H,6,7)/b13-12+;10-9+;/t16-;12-;/m00./s1. The fourth-order valence-corrected chi connectivity index (χ4v) is 3.49. The largest absolute Gasteiger partial charge is 0.490 e. The second-order valence-corrected chi connectivity index (χ2v) is 10.8. The zero-order chi connectivity index (χ0) is 35.2. The van der Waals surface area contributed by atoms with E-state index in [1.807, 2.05) is 57.2 Å². The van der Waals surface area contributed by atoms with Crippen LogP contribution in [0.2, 0.25) is 0 Å². The van der Waals surface area contributed by atoms with Crippen molar-refractivity contribution in [3.05, 3.63) is 96.1 Å². The monoisotopic (exact) mass is 651 g/mol. The Hall–Kier alpha value is -4.45. The molecule has 2 aromatic carbocycles. The average Bonchev–Trinajstić information content (AvgIpc) is 3.00. The van der Waals surface area contributed by atoms with Crippen LogP contribution in [0.4, 0.5) is 13.2 Å². The summed E-state index contributed by atoms with van der Waals surface area (Å²) in [5.74, 6) is -3.87.